The van der Waals surface area contributed by atoms with Crippen LogP contribution in [-0.4, -0.2) is 36.2 Å². The second kappa shape index (κ2) is 6.66. The molecule has 0 spiro atoms. The summed E-state index contributed by atoms with van der Waals surface area (Å²) in [6, 6.07) is 4.40. The van der Waals surface area contributed by atoms with Crippen molar-refractivity contribution in [1.29, 1.82) is 0 Å². The van der Waals surface area contributed by atoms with E-state index in [2.05, 4.69) is 82.2 Å². The largest absolute Gasteiger partial charge is 0.506 e. The van der Waals surface area contributed by atoms with Crippen LogP contribution in [0, 0.1) is 12.6 Å². The standard InChI is InChI=1S/C15H22I2N2O/c1-15(2,3)14(19-6-4-18-5-7-19)11-8-10(16)9-12(17)13(11)20/h8-9,14,18,20H,4-7H2,1-3H3/t14-/m1/s1. The number of phenolic OH excluding ortho intramolecular Hbond substituents is 1. The van der Waals surface area contributed by atoms with Crippen LogP contribution in [-0.2, 0) is 0 Å². The molecule has 1 aliphatic heterocycles. The van der Waals surface area contributed by atoms with E-state index in [1.165, 1.54) is 3.57 Å². The van der Waals surface area contributed by atoms with Gasteiger partial charge in [-0.1, -0.05) is 20.8 Å². The molecule has 3 nitrogen and oxygen atoms in total. The van der Waals surface area contributed by atoms with E-state index in [1.807, 2.05) is 6.07 Å². The maximum Gasteiger partial charge on any atom is 0.133 e. The van der Waals surface area contributed by atoms with E-state index in [-0.39, 0.29) is 11.5 Å². The number of hydrogen-bond acceptors (Lipinski definition) is 3. The monoisotopic (exact) mass is 500 g/mol. The third kappa shape index (κ3) is 3.78. The molecule has 112 valence electrons. The number of halogens is 2. The average molecular weight is 500 g/mol. The van der Waals surface area contributed by atoms with Gasteiger partial charge in [-0.05, 0) is 62.7 Å². The van der Waals surface area contributed by atoms with Crippen LogP contribution >= 0.6 is 45.2 Å². The normalized spacial score (nSPS) is 19.1. The van der Waals surface area contributed by atoms with Gasteiger partial charge in [0.25, 0.3) is 0 Å². The molecule has 2 N–H and O–H groups in total. The number of rotatable bonds is 2. The minimum absolute atomic E-state index is 0.0856. The summed E-state index contributed by atoms with van der Waals surface area (Å²) in [7, 11) is 0. The fourth-order valence-electron chi connectivity index (χ4n) is 2.95. The van der Waals surface area contributed by atoms with E-state index in [0.29, 0.717) is 5.75 Å². The van der Waals surface area contributed by atoms with Gasteiger partial charge in [0, 0.05) is 41.4 Å². The molecule has 5 heteroatoms. The molecule has 1 aliphatic rings. The van der Waals surface area contributed by atoms with Gasteiger partial charge < -0.3 is 10.4 Å². The first-order valence-corrected chi connectivity index (χ1v) is 9.09. The zero-order valence-corrected chi connectivity index (χ0v) is 16.5. The summed E-state index contributed by atoms with van der Waals surface area (Å²) in [6.07, 6.45) is 0. The molecule has 0 saturated carbocycles. The van der Waals surface area contributed by atoms with E-state index in [9.17, 15) is 5.11 Å². The lowest BCUT2D eigenvalue weighted by molar-refractivity contribution is 0.0841. The van der Waals surface area contributed by atoms with Crippen molar-refractivity contribution in [3.05, 3.63) is 24.8 Å². The molecule has 1 aromatic rings. The quantitative estimate of drug-likeness (QED) is 0.610. The van der Waals surface area contributed by atoms with Crippen molar-refractivity contribution in [3.8, 4) is 5.75 Å². The lowest BCUT2D eigenvalue weighted by Gasteiger charge is -2.43. The maximum atomic E-state index is 10.5. The molecular formula is C15H22I2N2O. The van der Waals surface area contributed by atoms with Crippen LogP contribution in [0.4, 0.5) is 0 Å². The van der Waals surface area contributed by atoms with Gasteiger partial charge in [0.05, 0.1) is 3.57 Å². The van der Waals surface area contributed by atoms with Crippen molar-refractivity contribution < 1.29 is 5.11 Å². The molecule has 0 amide bonds. The number of piperazine rings is 1. The number of hydrogen-bond donors (Lipinski definition) is 2. The Bertz CT molecular complexity index is 479. The van der Waals surface area contributed by atoms with Crippen molar-refractivity contribution in [2.24, 2.45) is 5.41 Å². The summed E-state index contributed by atoms with van der Waals surface area (Å²) in [6.45, 7) is 10.9. The van der Waals surface area contributed by atoms with Gasteiger partial charge in [0.1, 0.15) is 5.75 Å². The second-order valence-corrected chi connectivity index (χ2v) is 8.79. The van der Waals surface area contributed by atoms with E-state index in [1.54, 1.807) is 0 Å². The molecule has 1 saturated heterocycles. The molecule has 0 bridgehead atoms. The van der Waals surface area contributed by atoms with Crippen LogP contribution in [0.3, 0.4) is 0 Å². The summed E-state index contributed by atoms with van der Waals surface area (Å²) >= 11 is 4.56. The SMILES string of the molecule is CC(C)(C)[C@@H](c1cc(I)cc(I)c1O)N1CCNCC1. The first kappa shape index (κ1) is 16.8. The van der Waals surface area contributed by atoms with Gasteiger partial charge in [-0.15, -0.1) is 0 Å². The molecule has 1 atom stereocenters. The minimum Gasteiger partial charge on any atom is -0.506 e. The Labute approximate surface area is 148 Å². The van der Waals surface area contributed by atoms with Gasteiger partial charge in [0.15, 0.2) is 0 Å². The fourth-order valence-corrected chi connectivity index (χ4v) is 4.84. The van der Waals surface area contributed by atoms with Crippen molar-refractivity contribution >= 4 is 45.2 Å². The Morgan fingerprint density at radius 2 is 1.80 bits per heavy atom. The Kier molecular flexibility index (Phi) is 5.58. The van der Waals surface area contributed by atoms with Crippen molar-refractivity contribution in [3.63, 3.8) is 0 Å². The lowest BCUT2D eigenvalue weighted by atomic mass is 9.80. The number of nitrogens with one attached hydrogen (secondary N) is 1. The van der Waals surface area contributed by atoms with Gasteiger partial charge in [-0.2, -0.15) is 0 Å². The maximum absolute atomic E-state index is 10.5. The third-order valence-electron chi connectivity index (χ3n) is 3.69. The summed E-state index contributed by atoms with van der Waals surface area (Å²) < 4.78 is 2.12. The number of phenols is 1. The predicted molar refractivity (Wildman–Crippen MR) is 100 cm³/mol. The highest BCUT2D eigenvalue weighted by atomic mass is 127. The highest BCUT2D eigenvalue weighted by molar-refractivity contribution is 14.1. The van der Waals surface area contributed by atoms with Gasteiger partial charge >= 0.3 is 0 Å². The predicted octanol–water partition coefficient (Wildman–Crippen LogP) is 3.59. The van der Waals surface area contributed by atoms with E-state index < -0.39 is 0 Å². The molecule has 1 heterocycles. The topological polar surface area (TPSA) is 35.5 Å². The lowest BCUT2D eigenvalue weighted by Crippen LogP contribution is -2.48. The molecular weight excluding hydrogens is 478 g/mol. The molecule has 20 heavy (non-hydrogen) atoms. The van der Waals surface area contributed by atoms with E-state index in [4.69, 9.17) is 0 Å². The van der Waals surface area contributed by atoms with Crippen molar-refractivity contribution in [2.75, 3.05) is 26.2 Å². The van der Waals surface area contributed by atoms with Crippen molar-refractivity contribution in [2.45, 2.75) is 26.8 Å². The smallest absolute Gasteiger partial charge is 0.133 e. The molecule has 0 unspecified atom stereocenters. The number of nitrogens with zero attached hydrogens (tertiary/aromatic N) is 1. The van der Waals surface area contributed by atoms with Crippen LogP contribution < -0.4 is 5.32 Å². The molecule has 0 aromatic heterocycles. The average Bonchev–Trinajstić information content (AvgIpc) is 2.35. The first-order chi connectivity index (χ1) is 9.30. The Morgan fingerprint density at radius 1 is 1.20 bits per heavy atom. The Morgan fingerprint density at radius 3 is 2.35 bits per heavy atom. The van der Waals surface area contributed by atoms with Gasteiger partial charge in [-0.25, -0.2) is 0 Å². The van der Waals surface area contributed by atoms with Gasteiger partial charge in [-0.3, -0.25) is 4.90 Å². The van der Waals surface area contributed by atoms with Crippen LogP contribution in [0.25, 0.3) is 0 Å². The van der Waals surface area contributed by atoms with E-state index >= 15 is 0 Å². The van der Waals surface area contributed by atoms with Crippen LogP contribution in [0.15, 0.2) is 12.1 Å². The Balaban J connectivity index is 2.46. The van der Waals surface area contributed by atoms with Crippen LogP contribution in [0.5, 0.6) is 5.75 Å². The molecule has 0 radical (unpaired) electrons. The molecule has 1 aromatic carbocycles. The Hall–Kier alpha value is 0.400. The molecule has 2 rings (SSSR count). The molecule has 0 aliphatic carbocycles. The number of benzene rings is 1. The third-order valence-corrected chi connectivity index (χ3v) is 5.13. The summed E-state index contributed by atoms with van der Waals surface area (Å²) in [5.41, 5.74) is 1.15. The summed E-state index contributed by atoms with van der Waals surface area (Å²) in [5, 5.41) is 13.9. The summed E-state index contributed by atoms with van der Waals surface area (Å²) in [5.74, 6) is 0.449. The fraction of sp³-hybridized carbons (Fsp3) is 0.600. The van der Waals surface area contributed by atoms with E-state index in [0.717, 1.165) is 35.3 Å². The van der Waals surface area contributed by atoms with Gasteiger partial charge in [0.2, 0.25) is 0 Å². The van der Waals surface area contributed by atoms with Crippen LogP contribution in [0.2, 0.25) is 0 Å². The van der Waals surface area contributed by atoms with Crippen molar-refractivity contribution in [1.82, 2.24) is 10.2 Å². The van der Waals surface area contributed by atoms with Crippen LogP contribution in [0.1, 0.15) is 32.4 Å². The number of aromatic hydroxyl groups is 1. The highest BCUT2D eigenvalue weighted by Crippen LogP contribution is 2.43. The highest BCUT2D eigenvalue weighted by Gasteiger charge is 2.34. The second-order valence-electron chi connectivity index (χ2n) is 6.38. The summed E-state index contributed by atoms with van der Waals surface area (Å²) in [4.78, 5) is 2.50. The zero-order valence-electron chi connectivity index (χ0n) is 12.2. The zero-order chi connectivity index (χ0) is 14.9. The minimum atomic E-state index is 0.0856. The first-order valence-electron chi connectivity index (χ1n) is 6.93. The molecule has 1 fully saturated rings.